The number of anilines is 1. The van der Waals surface area contributed by atoms with Crippen LogP contribution in [0.2, 0.25) is 0 Å². The van der Waals surface area contributed by atoms with Crippen molar-refractivity contribution in [1.82, 2.24) is 15.0 Å². The summed E-state index contributed by atoms with van der Waals surface area (Å²) in [7, 11) is 0. The topological polar surface area (TPSA) is 89.7 Å². The minimum Gasteiger partial charge on any atom is -0.492 e. The number of carbonyl (C=O) groups excluding carboxylic acids is 1. The van der Waals surface area contributed by atoms with Crippen molar-refractivity contribution >= 4 is 11.7 Å². The number of amides is 2. The van der Waals surface area contributed by atoms with Gasteiger partial charge in [0.25, 0.3) is 5.89 Å². The molecule has 0 aliphatic carbocycles. The molecule has 1 unspecified atom stereocenters. The molecule has 0 bridgehead atoms. The van der Waals surface area contributed by atoms with E-state index in [1.54, 1.807) is 17.0 Å². The van der Waals surface area contributed by atoms with Crippen LogP contribution in [0, 0.1) is 5.82 Å². The average Bonchev–Trinajstić information content (AvgIpc) is 3.29. The lowest BCUT2D eigenvalue weighted by Crippen LogP contribution is -2.41. The summed E-state index contributed by atoms with van der Waals surface area (Å²) in [6, 6.07) is 13.3. The molecule has 2 heterocycles. The number of aromatic nitrogens is 2. The van der Waals surface area contributed by atoms with Gasteiger partial charge in [0.05, 0.1) is 12.3 Å². The molecule has 1 atom stereocenters. The molecule has 1 aromatic heterocycles. The van der Waals surface area contributed by atoms with Crippen molar-refractivity contribution in [3.8, 4) is 11.5 Å². The number of rotatable bonds is 7. The van der Waals surface area contributed by atoms with Crippen LogP contribution in [0.5, 0.6) is 11.5 Å². The van der Waals surface area contributed by atoms with E-state index in [1.807, 2.05) is 31.2 Å². The van der Waals surface area contributed by atoms with Crippen LogP contribution in [0.1, 0.15) is 37.4 Å². The molecular weight excluding hydrogens is 415 g/mol. The molecule has 9 heteroatoms. The maximum absolute atomic E-state index is 13.7. The predicted octanol–water partition coefficient (Wildman–Crippen LogP) is 4.60. The fourth-order valence-electron chi connectivity index (χ4n) is 3.61. The van der Waals surface area contributed by atoms with E-state index in [2.05, 4.69) is 15.5 Å². The van der Waals surface area contributed by atoms with Gasteiger partial charge in [-0.3, -0.25) is 0 Å². The van der Waals surface area contributed by atoms with Gasteiger partial charge in [-0.25, -0.2) is 9.18 Å². The first-order valence-electron chi connectivity index (χ1n) is 10.6. The Balaban J connectivity index is 1.36. The summed E-state index contributed by atoms with van der Waals surface area (Å²) in [5.41, 5.74) is 0.633. The Morgan fingerprint density at radius 3 is 2.78 bits per heavy atom. The second-order valence-corrected chi connectivity index (χ2v) is 7.41. The third-order valence-electron chi connectivity index (χ3n) is 5.17. The van der Waals surface area contributed by atoms with Crippen molar-refractivity contribution in [1.29, 1.82) is 0 Å². The van der Waals surface area contributed by atoms with Crippen LogP contribution >= 0.6 is 0 Å². The van der Waals surface area contributed by atoms with Gasteiger partial charge in [-0.2, -0.15) is 4.98 Å². The number of likely N-dealkylation sites (tertiary alicyclic amines) is 1. The van der Waals surface area contributed by atoms with Gasteiger partial charge in [0.1, 0.15) is 5.75 Å². The molecule has 168 valence electrons. The van der Waals surface area contributed by atoms with Gasteiger partial charge in [-0.1, -0.05) is 29.4 Å². The number of carbonyl (C=O) groups is 1. The molecule has 8 nitrogen and oxygen atoms in total. The Hall–Kier alpha value is -3.62. The second kappa shape index (κ2) is 10.1. The molecule has 2 amide bonds. The summed E-state index contributed by atoms with van der Waals surface area (Å²) < 4.78 is 30.0. The third kappa shape index (κ3) is 5.16. The molecule has 1 aliphatic rings. The number of hydrogen-bond acceptors (Lipinski definition) is 6. The molecule has 1 saturated heterocycles. The van der Waals surface area contributed by atoms with E-state index in [9.17, 15) is 9.18 Å². The van der Waals surface area contributed by atoms with E-state index in [1.165, 1.54) is 12.1 Å². The molecule has 1 fully saturated rings. The molecule has 0 spiro atoms. The van der Waals surface area contributed by atoms with E-state index in [4.69, 9.17) is 14.0 Å². The molecule has 1 N–H and O–H groups in total. The van der Waals surface area contributed by atoms with Crippen molar-refractivity contribution in [2.75, 3.05) is 25.0 Å². The molecule has 3 aromatic rings. The largest absolute Gasteiger partial charge is 0.492 e. The SMILES string of the molecule is CCOc1ccccc1NC(=O)N1CCCC(c2noc(COc3ccccc3F)n2)C1. The molecular formula is C23H25FN4O4. The van der Waals surface area contributed by atoms with Gasteiger partial charge >= 0.3 is 6.03 Å². The minimum absolute atomic E-state index is 0.0287. The third-order valence-corrected chi connectivity index (χ3v) is 5.17. The van der Waals surface area contributed by atoms with Crippen LogP contribution in [0.25, 0.3) is 0 Å². The number of piperidine rings is 1. The highest BCUT2D eigenvalue weighted by molar-refractivity contribution is 5.91. The quantitative estimate of drug-likeness (QED) is 0.578. The second-order valence-electron chi connectivity index (χ2n) is 7.41. The number of para-hydroxylation sites is 3. The van der Waals surface area contributed by atoms with Gasteiger partial charge in [0, 0.05) is 19.0 Å². The lowest BCUT2D eigenvalue weighted by Gasteiger charge is -2.31. The smallest absolute Gasteiger partial charge is 0.321 e. The van der Waals surface area contributed by atoms with Gasteiger partial charge in [0.2, 0.25) is 0 Å². The van der Waals surface area contributed by atoms with E-state index in [-0.39, 0.29) is 30.2 Å². The summed E-state index contributed by atoms with van der Waals surface area (Å²) in [6.07, 6.45) is 1.66. The minimum atomic E-state index is -0.452. The van der Waals surface area contributed by atoms with Gasteiger partial charge in [-0.15, -0.1) is 0 Å². The number of urea groups is 1. The van der Waals surface area contributed by atoms with Crippen molar-refractivity contribution in [3.63, 3.8) is 0 Å². The Kier molecular flexibility index (Phi) is 6.84. The highest BCUT2D eigenvalue weighted by atomic mass is 19.1. The standard InChI is InChI=1S/C23H25FN4O4/c1-2-30-20-12-6-4-10-18(20)25-23(29)28-13-7-8-16(14-28)22-26-21(32-27-22)15-31-19-11-5-3-9-17(19)24/h3-6,9-12,16H,2,7-8,13-15H2,1H3,(H,25,29). The lowest BCUT2D eigenvalue weighted by atomic mass is 9.98. The van der Waals surface area contributed by atoms with Crippen molar-refractivity contribution in [3.05, 3.63) is 66.1 Å². The van der Waals surface area contributed by atoms with Crippen LogP contribution in [0.4, 0.5) is 14.9 Å². The summed E-state index contributed by atoms with van der Waals surface area (Å²) >= 11 is 0. The van der Waals surface area contributed by atoms with Crippen LogP contribution in [-0.4, -0.2) is 40.8 Å². The first-order chi connectivity index (χ1) is 15.6. The monoisotopic (exact) mass is 440 g/mol. The zero-order valence-electron chi connectivity index (χ0n) is 17.8. The predicted molar refractivity (Wildman–Crippen MR) is 115 cm³/mol. The number of ether oxygens (including phenoxy) is 2. The van der Waals surface area contributed by atoms with Crippen molar-refractivity contribution in [2.24, 2.45) is 0 Å². The van der Waals surface area contributed by atoms with Crippen molar-refractivity contribution < 1.29 is 23.2 Å². The molecule has 2 aromatic carbocycles. The van der Waals surface area contributed by atoms with E-state index >= 15 is 0 Å². The molecule has 0 saturated carbocycles. The zero-order valence-corrected chi connectivity index (χ0v) is 17.8. The summed E-state index contributed by atoms with van der Waals surface area (Å²) in [6.45, 7) is 3.49. The highest BCUT2D eigenvalue weighted by Crippen LogP contribution is 2.28. The zero-order chi connectivity index (χ0) is 22.3. The Labute approximate surface area is 185 Å². The van der Waals surface area contributed by atoms with Crippen molar-refractivity contribution in [2.45, 2.75) is 32.3 Å². The number of nitrogens with one attached hydrogen (secondary N) is 1. The first kappa shape index (κ1) is 21.6. The summed E-state index contributed by atoms with van der Waals surface area (Å²) in [4.78, 5) is 19.0. The number of hydrogen-bond donors (Lipinski definition) is 1. The van der Waals surface area contributed by atoms with E-state index in [0.717, 1.165) is 12.8 Å². The fraction of sp³-hybridized carbons (Fsp3) is 0.348. The normalized spacial score (nSPS) is 15.9. The average molecular weight is 440 g/mol. The number of nitrogens with zero attached hydrogens (tertiary/aromatic N) is 3. The van der Waals surface area contributed by atoms with Gasteiger partial charge in [-0.05, 0) is 44.0 Å². The van der Waals surface area contributed by atoms with Crippen LogP contribution in [-0.2, 0) is 6.61 Å². The Morgan fingerprint density at radius 1 is 1.19 bits per heavy atom. The van der Waals surface area contributed by atoms with Gasteiger partial charge < -0.3 is 24.2 Å². The molecule has 0 radical (unpaired) electrons. The summed E-state index contributed by atoms with van der Waals surface area (Å²) in [5.74, 6) is 1.03. The summed E-state index contributed by atoms with van der Waals surface area (Å²) in [5, 5.41) is 6.98. The van der Waals surface area contributed by atoms with Crippen LogP contribution in [0.3, 0.4) is 0 Å². The van der Waals surface area contributed by atoms with Gasteiger partial charge in [0.15, 0.2) is 24.0 Å². The fourth-order valence-corrected chi connectivity index (χ4v) is 3.61. The van der Waals surface area contributed by atoms with E-state index in [0.29, 0.717) is 37.0 Å². The van der Waals surface area contributed by atoms with Crippen LogP contribution in [0.15, 0.2) is 53.1 Å². The lowest BCUT2D eigenvalue weighted by molar-refractivity contribution is 0.190. The number of benzene rings is 2. The maximum Gasteiger partial charge on any atom is 0.321 e. The molecule has 4 rings (SSSR count). The molecule has 1 aliphatic heterocycles. The van der Waals surface area contributed by atoms with Crippen LogP contribution < -0.4 is 14.8 Å². The Morgan fingerprint density at radius 2 is 1.97 bits per heavy atom. The Bertz CT molecular complexity index is 1060. The first-order valence-corrected chi connectivity index (χ1v) is 10.6. The highest BCUT2D eigenvalue weighted by Gasteiger charge is 2.28. The molecule has 32 heavy (non-hydrogen) atoms. The van der Waals surface area contributed by atoms with E-state index < -0.39 is 5.82 Å². The maximum atomic E-state index is 13.7. The number of halogens is 1.